The Morgan fingerprint density at radius 2 is 1.94 bits per heavy atom. The summed E-state index contributed by atoms with van der Waals surface area (Å²) in [7, 11) is 0. The molecule has 2 aromatic rings. The molecule has 0 radical (unpaired) electrons. The maximum absolute atomic E-state index is 13.1. The summed E-state index contributed by atoms with van der Waals surface area (Å²) in [6.07, 6.45) is 3.22. The average molecular weight is 437 g/mol. The van der Waals surface area contributed by atoms with E-state index in [4.69, 9.17) is 10.00 Å². The van der Waals surface area contributed by atoms with Crippen LogP contribution in [0, 0.1) is 23.1 Å². The van der Waals surface area contributed by atoms with E-state index in [-0.39, 0.29) is 18.0 Å². The number of urea groups is 1. The number of nitrogens with one attached hydrogen (secondary N) is 1. The van der Waals surface area contributed by atoms with E-state index in [1.54, 1.807) is 29.2 Å². The van der Waals surface area contributed by atoms with Crippen LogP contribution < -0.4 is 5.32 Å². The molecule has 2 aliphatic heterocycles. The molecule has 2 heterocycles. The summed E-state index contributed by atoms with van der Waals surface area (Å²) in [4.78, 5) is 16.9. The molecule has 7 heteroatoms. The van der Waals surface area contributed by atoms with Gasteiger partial charge in [0, 0.05) is 25.3 Å². The molecule has 2 aromatic carbocycles. The summed E-state index contributed by atoms with van der Waals surface area (Å²) in [6.45, 7) is 4.48. The summed E-state index contributed by atoms with van der Waals surface area (Å²) in [6, 6.07) is 15.7. The van der Waals surface area contributed by atoms with Crippen LogP contribution in [0.2, 0.25) is 0 Å². The molecule has 2 aliphatic rings. The summed E-state index contributed by atoms with van der Waals surface area (Å²) >= 11 is 0. The minimum Gasteiger partial charge on any atom is -0.373 e. The molecular weight excluding hydrogens is 407 g/mol. The third-order valence-corrected chi connectivity index (χ3v) is 6.28. The van der Waals surface area contributed by atoms with Gasteiger partial charge < -0.3 is 19.9 Å². The molecule has 2 amide bonds. The summed E-state index contributed by atoms with van der Waals surface area (Å²) in [5.74, 6) is 0.435. The molecule has 0 saturated carbocycles. The van der Waals surface area contributed by atoms with Gasteiger partial charge in [0.25, 0.3) is 0 Å². The van der Waals surface area contributed by atoms with Crippen LogP contribution in [0.1, 0.15) is 24.0 Å². The Bertz CT molecular complexity index is 951. The molecule has 0 bridgehead atoms. The van der Waals surface area contributed by atoms with Crippen molar-refractivity contribution in [2.75, 3.05) is 44.6 Å². The van der Waals surface area contributed by atoms with Gasteiger partial charge in [-0.2, -0.15) is 5.26 Å². The van der Waals surface area contributed by atoms with Crippen LogP contribution in [0.15, 0.2) is 48.5 Å². The second-order valence-electron chi connectivity index (χ2n) is 8.64. The second kappa shape index (κ2) is 10.6. The maximum Gasteiger partial charge on any atom is 0.322 e. The monoisotopic (exact) mass is 436 g/mol. The van der Waals surface area contributed by atoms with Gasteiger partial charge in [-0.1, -0.05) is 18.2 Å². The minimum atomic E-state index is -0.186. The number of nitrogens with zero attached hydrogens (tertiary/aromatic N) is 3. The first kappa shape index (κ1) is 22.3. The second-order valence-corrected chi connectivity index (χ2v) is 8.64. The van der Waals surface area contributed by atoms with Gasteiger partial charge in [0.1, 0.15) is 5.82 Å². The Morgan fingerprint density at radius 1 is 1.16 bits per heavy atom. The summed E-state index contributed by atoms with van der Waals surface area (Å²) < 4.78 is 19.0. The van der Waals surface area contributed by atoms with Crippen molar-refractivity contribution in [3.05, 3.63) is 65.5 Å². The lowest BCUT2D eigenvalue weighted by Gasteiger charge is -2.38. The number of halogens is 1. The third-order valence-electron chi connectivity index (χ3n) is 6.28. The number of hydrogen-bond donors (Lipinski definition) is 1. The lowest BCUT2D eigenvalue weighted by molar-refractivity contribution is -0.0329. The number of amides is 2. The SMILES string of the molecule is N#Cc1cccc(NC(=O)N2CCOC(CN3CCC(Cc4ccc(F)cc4)CC3)C2)c1. The van der Waals surface area contributed by atoms with Crippen molar-refractivity contribution in [2.45, 2.75) is 25.4 Å². The standard InChI is InChI=1S/C25H29FN4O2/c26-22-6-4-19(5-7-22)14-20-8-10-29(11-9-20)17-24-18-30(12-13-32-24)25(31)28-23-3-1-2-21(15-23)16-27/h1-7,15,20,24H,8-14,17-18H2,(H,28,31). The summed E-state index contributed by atoms with van der Waals surface area (Å²) in [5.41, 5.74) is 2.34. The number of rotatable bonds is 5. The van der Waals surface area contributed by atoms with Crippen LogP contribution in [0.3, 0.4) is 0 Å². The van der Waals surface area contributed by atoms with Crippen molar-refractivity contribution in [3.63, 3.8) is 0 Å². The van der Waals surface area contributed by atoms with Crippen LogP contribution in [-0.2, 0) is 11.2 Å². The zero-order valence-electron chi connectivity index (χ0n) is 18.2. The zero-order valence-corrected chi connectivity index (χ0v) is 18.2. The van der Waals surface area contributed by atoms with Crippen molar-refractivity contribution < 1.29 is 13.9 Å². The Labute approximate surface area is 188 Å². The van der Waals surface area contributed by atoms with Crippen molar-refractivity contribution in [1.29, 1.82) is 5.26 Å². The quantitative estimate of drug-likeness (QED) is 0.772. The third kappa shape index (κ3) is 6.06. The molecule has 0 spiro atoms. The normalized spacial score (nSPS) is 20.0. The first-order valence-corrected chi connectivity index (χ1v) is 11.2. The average Bonchev–Trinajstić information content (AvgIpc) is 2.82. The number of hydrogen-bond acceptors (Lipinski definition) is 4. The highest BCUT2D eigenvalue weighted by molar-refractivity contribution is 5.89. The van der Waals surface area contributed by atoms with Gasteiger partial charge in [0.15, 0.2) is 0 Å². The maximum atomic E-state index is 13.1. The van der Waals surface area contributed by atoms with Gasteiger partial charge in [0.05, 0.1) is 24.3 Å². The first-order valence-electron chi connectivity index (χ1n) is 11.2. The van der Waals surface area contributed by atoms with Crippen molar-refractivity contribution in [3.8, 4) is 6.07 Å². The lowest BCUT2D eigenvalue weighted by Crippen LogP contribution is -2.51. The molecule has 32 heavy (non-hydrogen) atoms. The predicted octanol–water partition coefficient (Wildman–Crippen LogP) is 3.88. The molecule has 1 N–H and O–H groups in total. The van der Waals surface area contributed by atoms with Crippen molar-refractivity contribution in [1.82, 2.24) is 9.80 Å². The van der Waals surface area contributed by atoms with Gasteiger partial charge in [0.2, 0.25) is 0 Å². The largest absolute Gasteiger partial charge is 0.373 e. The van der Waals surface area contributed by atoms with E-state index in [2.05, 4.69) is 16.3 Å². The van der Waals surface area contributed by atoms with Crippen molar-refractivity contribution in [2.24, 2.45) is 5.92 Å². The number of ether oxygens (including phenoxy) is 1. The van der Waals surface area contributed by atoms with E-state index in [0.29, 0.717) is 36.9 Å². The lowest BCUT2D eigenvalue weighted by atomic mass is 9.90. The Morgan fingerprint density at radius 3 is 2.69 bits per heavy atom. The molecule has 2 fully saturated rings. The molecule has 4 rings (SSSR count). The number of carbonyl (C=O) groups excluding carboxylic acids is 1. The highest BCUT2D eigenvalue weighted by Crippen LogP contribution is 2.23. The van der Waals surface area contributed by atoms with E-state index in [1.165, 1.54) is 17.7 Å². The van der Waals surface area contributed by atoms with Gasteiger partial charge >= 0.3 is 6.03 Å². The van der Waals surface area contributed by atoms with Crippen LogP contribution in [0.25, 0.3) is 0 Å². The number of benzene rings is 2. The molecule has 2 saturated heterocycles. The minimum absolute atomic E-state index is 0.00593. The number of carbonyl (C=O) groups is 1. The highest BCUT2D eigenvalue weighted by atomic mass is 19.1. The van der Waals surface area contributed by atoms with E-state index >= 15 is 0 Å². The number of piperidine rings is 1. The number of morpholine rings is 1. The van der Waals surface area contributed by atoms with Crippen LogP contribution in [0.4, 0.5) is 14.9 Å². The zero-order chi connectivity index (χ0) is 22.3. The van der Waals surface area contributed by atoms with Crippen LogP contribution in [0.5, 0.6) is 0 Å². The fourth-order valence-electron chi connectivity index (χ4n) is 4.50. The van der Waals surface area contributed by atoms with Crippen molar-refractivity contribution >= 4 is 11.7 Å². The van der Waals surface area contributed by atoms with E-state index in [9.17, 15) is 9.18 Å². The number of anilines is 1. The van der Waals surface area contributed by atoms with Gasteiger partial charge in [-0.05, 0) is 74.2 Å². The Hall–Kier alpha value is -2.95. The Balaban J connectivity index is 1.22. The molecule has 168 valence electrons. The van der Waals surface area contributed by atoms with Crippen LogP contribution >= 0.6 is 0 Å². The fourth-order valence-corrected chi connectivity index (χ4v) is 4.50. The molecule has 0 aliphatic carbocycles. The van der Waals surface area contributed by atoms with Gasteiger partial charge in [-0.3, -0.25) is 0 Å². The predicted molar refractivity (Wildman–Crippen MR) is 121 cm³/mol. The van der Waals surface area contributed by atoms with Gasteiger partial charge in [-0.15, -0.1) is 0 Å². The molecule has 1 unspecified atom stereocenters. The first-order chi connectivity index (χ1) is 15.6. The summed E-state index contributed by atoms with van der Waals surface area (Å²) in [5, 5.41) is 11.9. The molecule has 0 aromatic heterocycles. The molecule has 1 atom stereocenters. The highest BCUT2D eigenvalue weighted by Gasteiger charge is 2.28. The topological polar surface area (TPSA) is 68.6 Å². The van der Waals surface area contributed by atoms with E-state index < -0.39 is 0 Å². The van der Waals surface area contributed by atoms with Gasteiger partial charge in [-0.25, -0.2) is 9.18 Å². The Kier molecular flexibility index (Phi) is 7.35. The van der Waals surface area contributed by atoms with E-state index in [1.807, 2.05) is 12.1 Å². The number of nitriles is 1. The smallest absolute Gasteiger partial charge is 0.322 e. The molecular formula is C25H29FN4O2. The van der Waals surface area contributed by atoms with Crippen LogP contribution in [-0.4, -0.2) is 61.3 Å². The molecule has 6 nitrogen and oxygen atoms in total. The fraction of sp³-hybridized carbons (Fsp3) is 0.440. The van der Waals surface area contributed by atoms with E-state index in [0.717, 1.165) is 38.9 Å². The number of likely N-dealkylation sites (tertiary alicyclic amines) is 1.